The summed E-state index contributed by atoms with van der Waals surface area (Å²) in [7, 11) is -3.36. The van der Waals surface area contributed by atoms with Crippen molar-refractivity contribution in [2.45, 2.75) is 37.1 Å². The van der Waals surface area contributed by atoms with Gasteiger partial charge in [0.1, 0.15) is 0 Å². The van der Waals surface area contributed by atoms with Gasteiger partial charge in [0.05, 0.1) is 11.5 Å². The molecule has 0 bridgehead atoms. The van der Waals surface area contributed by atoms with Crippen LogP contribution in [0.15, 0.2) is 29.2 Å². The van der Waals surface area contributed by atoms with Gasteiger partial charge in [-0.3, -0.25) is 4.90 Å². The standard InChI is InChI=1S/C17H26N2O3S/c1-15-4-2-5-17(14-15)23(20,21)19-9-6-16(7-10-19)18-8-3-12-22-13-11-18/h2,4-5,14,16H,3,6-13H2,1H3. The normalized spacial score (nSPS) is 22.8. The maximum absolute atomic E-state index is 12.8. The summed E-state index contributed by atoms with van der Waals surface area (Å²) in [5.74, 6) is 0. The summed E-state index contributed by atoms with van der Waals surface area (Å²) in [5.41, 5.74) is 0.977. The van der Waals surface area contributed by atoms with E-state index in [-0.39, 0.29) is 0 Å². The Morgan fingerprint density at radius 2 is 1.87 bits per heavy atom. The highest BCUT2D eigenvalue weighted by Crippen LogP contribution is 2.24. The van der Waals surface area contributed by atoms with E-state index in [0.717, 1.165) is 51.1 Å². The van der Waals surface area contributed by atoms with Gasteiger partial charge in [-0.1, -0.05) is 12.1 Å². The van der Waals surface area contributed by atoms with Gasteiger partial charge in [-0.15, -0.1) is 0 Å². The summed E-state index contributed by atoms with van der Waals surface area (Å²) in [6, 6.07) is 7.67. The fourth-order valence-electron chi connectivity index (χ4n) is 3.50. The fraction of sp³-hybridized carbons (Fsp3) is 0.647. The lowest BCUT2D eigenvalue weighted by atomic mass is 10.0. The Labute approximate surface area is 139 Å². The van der Waals surface area contributed by atoms with E-state index in [2.05, 4.69) is 4.90 Å². The van der Waals surface area contributed by atoms with Crippen molar-refractivity contribution in [1.82, 2.24) is 9.21 Å². The SMILES string of the molecule is Cc1cccc(S(=O)(=O)N2CCC(N3CCCOCC3)CC2)c1. The summed E-state index contributed by atoms with van der Waals surface area (Å²) in [6.07, 6.45) is 2.89. The molecule has 128 valence electrons. The Balaban J connectivity index is 1.64. The van der Waals surface area contributed by atoms with Crippen LogP contribution >= 0.6 is 0 Å². The molecule has 0 aliphatic carbocycles. The number of rotatable bonds is 3. The van der Waals surface area contributed by atoms with E-state index in [1.165, 1.54) is 0 Å². The third-order valence-electron chi connectivity index (χ3n) is 4.82. The van der Waals surface area contributed by atoms with Crippen molar-refractivity contribution in [2.24, 2.45) is 0 Å². The van der Waals surface area contributed by atoms with Crippen LogP contribution in [0, 0.1) is 6.92 Å². The van der Waals surface area contributed by atoms with Crippen molar-refractivity contribution >= 4 is 10.0 Å². The first-order valence-electron chi connectivity index (χ1n) is 8.46. The van der Waals surface area contributed by atoms with E-state index in [4.69, 9.17) is 4.74 Å². The first kappa shape index (κ1) is 16.9. The molecule has 1 aromatic rings. The molecule has 6 heteroatoms. The number of sulfonamides is 1. The van der Waals surface area contributed by atoms with Crippen LogP contribution in [-0.2, 0) is 14.8 Å². The minimum Gasteiger partial charge on any atom is -0.380 e. The smallest absolute Gasteiger partial charge is 0.243 e. The van der Waals surface area contributed by atoms with Crippen molar-refractivity contribution < 1.29 is 13.2 Å². The molecule has 2 aliphatic heterocycles. The number of hydrogen-bond acceptors (Lipinski definition) is 4. The number of piperidine rings is 1. The van der Waals surface area contributed by atoms with Gasteiger partial charge in [0.2, 0.25) is 10.0 Å². The molecule has 1 aromatic carbocycles. The molecule has 23 heavy (non-hydrogen) atoms. The second kappa shape index (κ2) is 7.30. The minimum atomic E-state index is -3.36. The maximum atomic E-state index is 12.8. The molecule has 0 N–H and O–H groups in total. The number of ether oxygens (including phenoxy) is 1. The molecule has 0 spiro atoms. The lowest BCUT2D eigenvalue weighted by Gasteiger charge is -2.37. The highest BCUT2D eigenvalue weighted by Gasteiger charge is 2.31. The number of benzene rings is 1. The van der Waals surface area contributed by atoms with E-state index in [1.54, 1.807) is 16.4 Å². The minimum absolute atomic E-state index is 0.416. The van der Waals surface area contributed by atoms with Crippen LogP contribution in [0.4, 0.5) is 0 Å². The molecular weight excluding hydrogens is 312 g/mol. The van der Waals surface area contributed by atoms with Gasteiger partial charge in [0.25, 0.3) is 0 Å². The molecule has 0 atom stereocenters. The fourth-order valence-corrected chi connectivity index (χ4v) is 5.08. The predicted octanol–water partition coefficient (Wildman–Crippen LogP) is 1.87. The quantitative estimate of drug-likeness (QED) is 0.844. The van der Waals surface area contributed by atoms with Gasteiger partial charge in [-0.25, -0.2) is 8.42 Å². The zero-order chi connectivity index (χ0) is 16.3. The monoisotopic (exact) mass is 338 g/mol. The number of hydrogen-bond donors (Lipinski definition) is 0. The van der Waals surface area contributed by atoms with Crippen LogP contribution in [0.2, 0.25) is 0 Å². The van der Waals surface area contributed by atoms with E-state index >= 15 is 0 Å². The zero-order valence-electron chi connectivity index (χ0n) is 13.8. The Kier molecular flexibility index (Phi) is 5.36. The Bertz CT molecular complexity index is 616. The van der Waals surface area contributed by atoms with Gasteiger partial charge in [-0.2, -0.15) is 4.31 Å². The third-order valence-corrected chi connectivity index (χ3v) is 6.72. The topological polar surface area (TPSA) is 49.9 Å². The molecule has 2 fully saturated rings. The number of aryl methyl sites for hydroxylation is 1. The van der Waals surface area contributed by atoms with Crippen molar-refractivity contribution in [3.05, 3.63) is 29.8 Å². The van der Waals surface area contributed by atoms with Gasteiger partial charge < -0.3 is 4.74 Å². The largest absolute Gasteiger partial charge is 0.380 e. The summed E-state index contributed by atoms with van der Waals surface area (Å²) < 4.78 is 32.7. The molecule has 2 aliphatic rings. The molecule has 2 saturated heterocycles. The molecule has 5 nitrogen and oxygen atoms in total. The van der Waals surface area contributed by atoms with E-state index in [1.807, 2.05) is 19.1 Å². The first-order valence-corrected chi connectivity index (χ1v) is 9.90. The van der Waals surface area contributed by atoms with Gasteiger partial charge in [0, 0.05) is 38.8 Å². The summed E-state index contributed by atoms with van der Waals surface area (Å²) in [4.78, 5) is 2.89. The van der Waals surface area contributed by atoms with E-state index in [0.29, 0.717) is 24.0 Å². The second-order valence-corrected chi connectivity index (χ2v) is 8.39. The van der Waals surface area contributed by atoms with Crippen LogP contribution in [0.5, 0.6) is 0 Å². The first-order chi connectivity index (χ1) is 11.1. The molecule has 0 aromatic heterocycles. The van der Waals surface area contributed by atoms with Gasteiger partial charge >= 0.3 is 0 Å². The third kappa shape index (κ3) is 3.94. The van der Waals surface area contributed by atoms with Crippen LogP contribution in [0.3, 0.4) is 0 Å². The van der Waals surface area contributed by atoms with Crippen molar-refractivity contribution in [2.75, 3.05) is 39.4 Å². The Hall–Kier alpha value is -0.950. The van der Waals surface area contributed by atoms with Crippen molar-refractivity contribution in [3.8, 4) is 0 Å². The van der Waals surface area contributed by atoms with Gasteiger partial charge in [-0.05, 0) is 43.9 Å². The molecule has 2 heterocycles. The van der Waals surface area contributed by atoms with Crippen molar-refractivity contribution in [3.63, 3.8) is 0 Å². The molecule has 3 rings (SSSR count). The number of nitrogens with zero attached hydrogens (tertiary/aromatic N) is 2. The van der Waals surface area contributed by atoms with E-state index in [9.17, 15) is 8.42 Å². The second-order valence-electron chi connectivity index (χ2n) is 6.45. The van der Waals surface area contributed by atoms with Crippen molar-refractivity contribution in [1.29, 1.82) is 0 Å². The summed E-state index contributed by atoms with van der Waals surface area (Å²) in [5, 5.41) is 0. The Morgan fingerprint density at radius 1 is 1.09 bits per heavy atom. The molecule has 0 amide bonds. The van der Waals surface area contributed by atoms with Crippen LogP contribution in [0.1, 0.15) is 24.8 Å². The predicted molar refractivity (Wildman–Crippen MR) is 90.0 cm³/mol. The maximum Gasteiger partial charge on any atom is 0.243 e. The summed E-state index contributed by atoms with van der Waals surface area (Å²) in [6.45, 7) is 6.81. The molecule has 0 unspecified atom stereocenters. The average molecular weight is 338 g/mol. The lowest BCUT2D eigenvalue weighted by molar-refractivity contribution is 0.114. The van der Waals surface area contributed by atoms with E-state index < -0.39 is 10.0 Å². The molecule has 0 saturated carbocycles. The van der Waals surface area contributed by atoms with Crippen LogP contribution in [0.25, 0.3) is 0 Å². The van der Waals surface area contributed by atoms with Crippen LogP contribution < -0.4 is 0 Å². The van der Waals surface area contributed by atoms with Gasteiger partial charge in [0.15, 0.2) is 0 Å². The highest BCUT2D eigenvalue weighted by atomic mass is 32.2. The molecular formula is C17H26N2O3S. The zero-order valence-corrected chi connectivity index (χ0v) is 14.6. The Morgan fingerprint density at radius 3 is 2.61 bits per heavy atom. The highest BCUT2D eigenvalue weighted by molar-refractivity contribution is 7.89. The summed E-state index contributed by atoms with van der Waals surface area (Å²) >= 11 is 0. The van der Waals surface area contributed by atoms with Crippen LogP contribution in [-0.4, -0.2) is 63.1 Å². The molecule has 0 radical (unpaired) electrons. The average Bonchev–Trinajstić information content (AvgIpc) is 2.84. The lowest BCUT2D eigenvalue weighted by Crippen LogP contribution is -2.47.